The number of sulfone groups is 1. The molecular formula is C14H33NO4S. The van der Waals surface area contributed by atoms with E-state index in [1.54, 1.807) is 21.3 Å². The molecule has 0 aliphatic carbocycles. The molecule has 0 amide bonds. The third kappa shape index (κ3) is 12.8. The fourth-order valence-electron chi connectivity index (χ4n) is 2.10. The van der Waals surface area contributed by atoms with E-state index in [1.807, 2.05) is 13.8 Å². The normalized spacial score (nSPS) is 18.8. The van der Waals surface area contributed by atoms with Gasteiger partial charge < -0.3 is 9.47 Å². The highest BCUT2D eigenvalue weighted by Crippen LogP contribution is 2.17. The van der Waals surface area contributed by atoms with Crippen molar-refractivity contribution in [1.82, 2.24) is 4.90 Å². The summed E-state index contributed by atoms with van der Waals surface area (Å²) >= 11 is 0. The first-order valence-corrected chi connectivity index (χ1v) is 9.31. The summed E-state index contributed by atoms with van der Waals surface area (Å²) in [5, 5.41) is 0. The molecule has 0 spiro atoms. The number of methoxy groups -OCH3 is 2. The predicted octanol–water partition coefficient (Wildman–Crippen LogP) is 1.82. The van der Waals surface area contributed by atoms with Crippen LogP contribution in [0.1, 0.15) is 33.1 Å². The van der Waals surface area contributed by atoms with Gasteiger partial charge in [-0.2, -0.15) is 0 Å². The molecule has 1 aliphatic heterocycles. The maximum atomic E-state index is 11.0. The monoisotopic (exact) mass is 311 g/mol. The number of nitrogens with zero attached hydrogens (tertiary/aromatic N) is 1. The van der Waals surface area contributed by atoms with Crippen LogP contribution in [-0.4, -0.2) is 72.4 Å². The zero-order valence-electron chi connectivity index (χ0n) is 14.0. The number of rotatable bonds is 6. The van der Waals surface area contributed by atoms with Gasteiger partial charge >= 0.3 is 0 Å². The molecule has 1 rings (SSSR count). The Bertz CT molecular complexity index is 294. The van der Waals surface area contributed by atoms with Gasteiger partial charge in [0, 0.05) is 33.6 Å². The van der Waals surface area contributed by atoms with Crippen LogP contribution in [0, 0.1) is 0 Å². The molecule has 1 heterocycles. The minimum atomic E-state index is -2.80. The van der Waals surface area contributed by atoms with Crippen LogP contribution in [0.3, 0.4) is 0 Å². The van der Waals surface area contributed by atoms with Crippen LogP contribution >= 0.6 is 0 Å². The van der Waals surface area contributed by atoms with E-state index in [1.165, 1.54) is 19.1 Å². The molecule has 20 heavy (non-hydrogen) atoms. The van der Waals surface area contributed by atoms with Gasteiger partial charge in [-0.1, -0.05) is 13.8 Å². The molecule has 0 unspecified atom stereocenters. The molecule has 0 aromatic rings. The molecule has 0 aromatic heterocycles. The lowest BCUT2D eigenvalue weighted by Gasteiger charge is -2.23. The van der Waals surface area contributed by atoms with Gasteiger partial charge in [0.1, 0.15) is 9.84 Å². The molecule has 0 aromatic carbocycles. The second kappa shape index (κ2) is 13.8. The fraction of sp³-hybridized carbons (Fsp3) is 1.00. The van der Waals surface area contributed by atoms with Crippen LogP contribution in [0.5, 0.6) is 0 Å². The van der Waals surface area contributed by atoms with Gasteiger partial charge in [-0.3, -0.25) is 4.90 Å². The highest BCUT2D eigenvalue weighted by atomic mass is 32.2. The first-order valence-electron chi connectivity index (χ1n) is 7.25. The fourth-order valence-corrected chi connectivity index (χ4v) is 2.75. The van der Waals surface area contributed by atoms with Crippen molar-refractivity contribution in [3.05, 3.63) is 0 Å². The maximum absolute atomic E-state index is 11.0. The van der Waals surface area contributed by atoms with Gasteiger partial charge in [0.15, 0.2) is 0 Å². The van der Waals surface area contributed by atoms with E-state index < -0.39 is 9.84 Å². The van der Waals surface area contributed by atoms with Crippen LogP contribution < -0.4 is 0 Å². The minimum absolute atomic E-state index is 0.295. The van der Waals surface area contributed by atoms with E-state index in [9.17, 15) is 8.42 Å². The molecule has 0 N–H and O–H groups in total. The predicted molar refractivity (Wildman–Crippen MR) is 85.1 cm³/mol. The molecule has 1 saturated heterocycles. The summed E-state index contributed by atoms with van der Waals surface area (Å²) in [7, 11) is 2.16. The Morgan fingerprint density at radius 3 is 2.20 bits per heavy atom. The molecule has 5 nitrogen and oxygen atoms in total. The van der Waals surface area contributed by atoms with Crippen molar-refractivity contribution in [1.29, 1.82) is 0 Å². The van der Waals surface area contributed by atoms with Crippen molar-refractivity contribution in [3.8, 4) is 0 Å². The summed E-state index contributed by atoms with van der Waals surface area (Å²) in [4.78, 5) is 2.34. The molecule has 0 radical (unpaired) electrons. The second-order valence-electron chi connectivity index (χ2n) is 4.68. The largest absolute Gasteiger partial charge is 0.388 e. The smallest absolute Gasteiger partial charge is 0.147 e. The van der Waals surface area contributed by atoms with Crippen molar-refractivity contribution in [2.45, 2.75) is 39.2 Å². The van der Waals surface area contributed by atoms with Crippen LogP contribution in [0.25, 0.3) is 0 Å². The molecule has 0 bridgehead atoms. The van der Waals surface area contributed by atoms with Crippen molar-refractivity contribution >= 4 is 9.84 Å². The number of ether oxygens (including phenoxy) is 2. The molecule has 0 saturated carbocycles. The quantitative estimate of drug-likeness (QED) is 0.749. The first kappa shape index (κ1) is 22.1. The summed E-state index contributed by atoms with van der Waals surface area (Å²) in [6, 6.07) is 0.495. The lowest BCUT2D eigenvalue weighted by molar-refractivity contribution is 0.116. The van der Waals surface area contributed by atoms with Crippen LogP contribution in [0.4, 0.5) is 0 Å². The van der Waals surface area contributed by atoms with E-state index in [4.69, 9.17) is 4.74 Å². The van der Waals surface area contributed by atoms with Crippen molar-refractivity contribution in [2.75, 3.05) is 53.0 Å². The molecule has 124 valence electrons. The number of likely N-dealkylation sites (tertiary alicyclic amines) is 1. The van der Waals surface area contributed by atoms with Crippen molar-refractivity contribution in [3.63, 3.8) is 0 Å². The van der Waals surface area contributed by atoms with Gasteiger partial charge in [-0.15, -0.1) is 0 Å². The zero-order chi connectivity index (χ0) is 16.0. The maximum Gasteiger partial charge on any atom is 0.147 e. The average molecular weight is 311 g/mol. The Balaban J connectivity index is 0. The molecular weight excluding hydrogens is 278 g/mol. The molecule has 1 aliphatic rings. The van der Waals surface area contributed by atoms with E-state index in [2.05, 4.69) is 9.64 Å². The minimum Gasteiger partial charge on any atom is -0.388 e. The summed E-state index contributed by atoms with van der Waals surface area (Å²) < 4.78 is 31.3. The Hall–Kier alpha value is -0.170. The van der Waals surface area contributed by atoms with E-state index >= 15 is 0 Å². The molecule has 6 heteroatoms. The summed E-state index contributed by atoms with van der Waals surface area (Å²) in [5.74, 6) is 0.295. The van der Waals surface area contributed by atoms with Gasteiger partial charge in [0.2, 0.25) is 0 Å². The third-order valence-corrected chi connectivity index (χ3v) is 3.85. The Morgan fingerprint density at radius 2 is 1.75 bits per heavy atom. The first-order chi connectivity index (χ1) is 9.44. The second-order valence-corrected chi connectivity index (χ2v) is 6.94. The lowest BCUT2D eigenvalue weighted by atomic mass is 10.2. The van der Waals surface area contributed by atoms with E-state index in [-0.39, 0.29) is 0 Å². The molecule has 1 fully saturated rings. The van der Waals surface area contributed by atoms with Crippen molar-refractivity contribution < 1.29 is 17.9 Å². The standard InChI is InChI=1S/C10H21NO3S.C2H6O.C2H6/c1-14-9-10-5-3-6-11(10)7-4-8-15(2,12)13;1-3-2;1-2/h10H,3-9H2,1-2H3;1-2H3;1-2H3/t10-;;/m1../s1. The Labute approximate surface area is 125 Å². The molecule has 1 atom stereocenters. The van der Waals surface area contributed by atoms with Crippen LogP contribution in [0.2, 0.25) is 0 Å². The van der Waals surface area contributed by atoms with E-state index in [0.29, 0.717) is 11.8 Å². The van der Waals surface area contributed by atoms with Crippen LogP contribution in [-0.2, 0) is 19.3 Å². The third-order valence-electron chi connectivity index (χ3n) is 2.82. The zero-order valence-corrected chi connectivity index (χ0v) is 14.8. The summed E-state index contributed by atoms with van der Waals surface area (Å²) in [5.41, 5.74) is 0. The SMILES string of the molecule is CC.COC.COC[C@H]1CCCN1CCCS(C)(=O)=O. The van der Waals surface area contributed by atoms with Gasteiger partial charge in [-0.25, -0.2) is 8.42 Å². The number of hydrogen-bond acceptors (Lipinski definition) is 5. The average Bonchev–Trinajstić information content (AvgIpc) is 2.79. The highest BCUT2D eigenvalue weighted by Gasteiger charge is 2.23. The summed E-state index contributed by atoms with van der Waals surface area (Å²) in [6.07, 6.45) is 4.41. The topological polar surface area (TPSA) is 55.8 Å². The van der Waals surface area contributed by atoms with Crippen LogP contribution in [0.15, 0.2) is 0 Å². The van der Waals surface area contributed by atoms with E-state index in [0.717, 1.165) is 26.1 Å². The van der Waals surface area contributed by atoms with Gasteiger partial charge in [-0.05, 0) is 32.4 Å². The van der Waals surface area contributed by atoms with Gasteiger partial charge in [0.05, 0.1) is 12.4 Å². The van der Waals surface area contributed by atoms with Gasteiger partial charge in [0.25, 0.3) is 0 Å². The van der Waals surface area contributed by atoms with Crippen molar-refractivity contribution in [2.24, 2.45) is 0 Å². The Kier molecular flexibility index (Phi) is 15.3. The lowest BCUT2D eigenvalue weighted by Crippen LogP contribution is -2.34. The Morgan fingerprint density at radius 1 is 1.20 bits per heavy atom. The number of hydrogen-bond donors (Lipinski definition) is 0. The summed E-state index contributed by atoms with van der Waals surface area (Å²) in [6.45, 7) is 6.72. The highest BCUT2D eigenvalue weighted by molar-refractivity contribution is 7.90.